The molecule has 0 amide bonds. The lowest BCUT2D eigenvalue weighted by atomic mass is 10.1. The zero-order chi connectivity index (χ0) is 19.1. The van der Waals surface area contributed by atoms with Crippen molar-refractivity contribution < 1.29 is 4.74 Å². The summed E-state index contributed by atoms with van der Waals surface area (Å²) in [7, 11) is 3.66. The Balaban J connectivity index is 0.00000280. The van der Waals surface area contributed by atoms with E-state index in [4.69, 9.17) is 4.74 Å². The van der Waals surface area contributed by atoms with Crippen LogP contribution in [0.4, 0.5) is 0 Å². The van der Waals surface area contributed by atoms with E-state index in [2.05, 4.69) is 45.8 Å². The molecule has 0 atom stereocenters. The van der Waals surface area contributed by atoms with E-state index in [1.807, 2.05) is 49.8 Å². The van der Waals surface area contributed by atoms with E-state index in [0.717, 1.165) is 34.1 Å². The van der Waals surface area contributed by atoms with Crippen LogP contribution in [0, 0.1) is 6.92 Å². The van der Waals surface area contributed by atoms with Crippen molar-refractivity contribution in [3.05, 3.63) is 77.6 Å². The number of rotatable bonds is 6. The average Bonchev–Trinajstić information content (AvgIpc) is 3.09. The fraction of sp³-hybridized carbons (Fsp3) is 0.238. The SMILES string of the molecule is CN=C(NCc1cnn(C)c1)NCc1ccc(C)cc1Oc1ccccc1.I. The van der Waals surface area contributed by atoms with Crippen molar-refractivity contribution in [2.45, 2.75) is 20.0 Å². The third-order valence-corrected chi connectivity index (χ3v) is 4.08. The molecular formula is C21H26IN5O. The molecule has 0 fully saturated rings. The predicted molar refractivity (Wildman–Crippen MR) is 123 cm³/mol. The Morgan fingerprint density at radius 3 is 2.54 bits per heavy atom. The summed E-state index contributed by atoms with van der Waals surface area (Å²) in [6.45, 7) is 3.33. The van der Waals surface area contributed by atoms with Crippen molar-refractivity contribution in [2.75, 3.05) is 7.05 Å². The third kappa shape index (κ3) is 6.26. The molecule has 2 aromatic carbocycles. The molecule has 0 unspecified atom stereocenters. The maximum absolute atomic E-state index is 6.08. The summed E-state index contributed by atoms with van der Waals surface area (Å²) < 4.78 is 7.86. The van der Waals surface area contributed by atoms with Gasteiger partial charge in [0.2, 0.25) is 0 Å². The Hall–Kier alpha value is -2.55. The molecule has 148 valence electrons. The van der Waals surface area contributed by atoms with Crippen molar-refractivity contribution in [2.24, 2.45) is 12.0 Å². The molecule has 0 bridgehead atoms. The number of guanidine groups is 1. The number of ether oxygens (including phenoxy) is 1. The normalized spacial score (nSPS) is 10.9. The summed E-state index contributed by atoms with van der Waals surface area (Å²) in [4.78, 5) is 4.28. The van der Waals surface area contributed by atoms with Gasteiger partial charge in [-0.15, -0.1) is 24.0 Å². The first-order valence-electron chi connectivity index (χ1n) is 8.88. The fourth-order valence-corrected chi connectivity index (χ4v) is 2.67. The number of para-hydroxylation sites is 1. The van der Waals surface area contributed by atoms with Crippen LogP contribution in [0.1, 0.15) is 16.7 Å². The lowest BCUT2D eigenvalue weighted by Gasteiger charge is -2.15. The molecule has 7 heteroatoms. The molecule has 3 aromatic rings. The van der Waals surface area contributed by atoms with E-state index >= 15 is 0 Å². The van der Waals surface area contributed by atoms with E-state index in [0.29, 0.717) is 13.1 Å². The molecule has 0 aliphatic rings. The van der Waals surface area contributed by atoms with E-state index in [9.17, 15) is 0 Å². The molecule has 0 saturated carbocycles. The van der Waals surface area contributed by atoms with Crippen molar-refractivity contribution in [3.63, 3.8) is 0 Å². The molecule has 0 saturated heterocycles. The molecule has 3 rings (SSSR count). The number of nitrogens with one attached hydrogen (secondary N) is 2. The Morgan fingerprint density at radius 1 is 1.11 bits per heavy atom. The van der Waals surface area contributed by atoms with Crippen LogP contribution >= 0.6 is 24.0 Å². The van der Waals surface area contributed by atoms with E-state index < -0.39 is 0 Å². The van der Waals surface area contributed by atoms with Gasteiger partial charge in [0.1, 0.15) is 11.5 Å². The van der Waals surface area contributed by atoms with Gasteiger partial charge < -0.3 is 15.4 Å². The first kappa shape index (κ1) is 21.7. The maximum atomic E-state index is 6.08. The number of hydrogen-bond donors (Lipinski definition) is 2. The van der Waals surface area contributed by atoms with E-state index in [1.54, 1.807) is 11.7 Å². The van der Waals surface area contributed by atoms with Gasteiger partial charge in [0.05, 0.1) is 6.20 Å². The molecule has 6 nitrogen and oxygen atoms in total. The summed E-state index contributed by atoms with van der Waals surface area (Å²) in [5.41, 5.74) is 3.32. The standard InChI is InChI=1S/C21H25N5O.HI/c1-16-9-10-18(20(11-16)27-19-7-5-4-6-8-19)14-24-21(22-2)23-12-17-13-25-26(3)15-17;/h4-11,13,15H,12,14H2,1-3H3,(H2,22,23,24);1H. The van der Waals surface area contributed by atoms with Crippen LogP contribution in [-0.4, -0.2) is 22.8 Å². The second-order valence-electron chi connectivity index (χ2n) is 6.33. The lowest BCUT2D eigenvalue weighted by Crippen LogP contribution is -2.36. The Kier molecular flexibility index (Phi) is 8.31. The first-order chi connectivity index (χ1) is 13.1. The minimum absolute atomic E-state index is 0. The monoisotopic (exact) mass is 491 g/mol. The highest BCUT2D eigenvalue weighted by Gasteiger charge is 2.07. The average molecular weight is 491 g/mol. The topological polar surface area (TPSA) is 63.5 Å². The van der Waals surface area contributed by atoms with Crippen LogP contribution < -0.4 is 15.4 Å². The lowest BCUT2D eigenvalue weighted by molar-refractivity contribution is 0.474. The number of aryl methyl sites for hydroxylation is 2. The van der Waals surface area contributed by atoms with Gasteiger partial charge in [-0.25, -0.2) is 0 Å². The summed E-state index contributed by atoms with van der Waals surface area (Å²) in [5, 5.41) is 10.8. The first-order valence-corrected chi connectivity index (χ1v) is 8.88. The second kappa shape index (κ2) is 10.7. The summed E-state index contributed by atoms with van der Waals surface area (Å²) in [5.74, 6) is 2.39. The number of halogens is 1. The molecule has 0 radical (unpaired) electrons. The van der Waals surface area contributed by atoms with Gasteiger partial charge in [-0.05, 0) is 30.7 Å². The van der Waals surface area contributed by atoms with Crippen LogP contribution in [0.25, 0.3) is 0 Å². The number of aromatic nitrogens is 2. The number of benzene rings is 2. The minimum atomic E-state index is 0. The quantitative estimate of drug-likeness (QED) is 0.311. The molecular weight excluding hydrogens is 465 g/mol. The molecule has 0 aliphatic heterocycles. The highest BCUT2D eigenvalue weighted by Crippen LogP contribution is 2.26. The van der Waals surface area contributed by atoms with Gasteiger partial charge in [-0.3, -0.25) is 9.67 Å². The van der Waals surface area contributed by atoms with Gasteiger partial charge >= 0.3 is 0 Å². The van der Waals surface area contributed by atoms with Crippen LogP contribution in [0.2, 0.25) is 0 Å². The van der Waals surface area contributed by atoms with Gasteiger partial charge in [-0.1, -0.05) is 30.3 Å². The van der Waals surface area contributed by atoms with Crippen LogP contribution in [0.15, 0.2) is 65.9 Å². The van der Waals surface area contributed by atoms with E-state index in [1.165, 1.54) is 0 Å². The largest absolute Gasteiger partial charge is 0.457 e. The Labute approximate surface area is 183 Å². The van der Waals surface area contributed by atoms with Crippen molar-refractivity contribution in [1.82, 2.24) is 20.4 Å². The zero-order valence-corrected chi connectivity index (χ0v) is 18.7. The molecule has 1 aromatic heterocycles. The number of aliphatic imine (C=N–C) groups is 1. The number of nitrogens with zero attached hydrogens (tertiary/aromatic N) is 3. The minimum Gasteiger partial charge on any atom is -0.457 e. The van der Waals surface area contributed by atoms with Gasteiger partial charge in [0.25, 0.3) is 0 Å². The van der Waals surface area contributed by atoms with Crippen molar-refractivity contribution in [3.8, 4) is 11.5 Å². The highest BCUT2D eigenvalue weighted by molar-refractivity contribution is 14.0. The maximum Gasteiger partial charge on any atom is 0.191 e. The third-order valence-electron chi connectivity index (χ3n) is 4.08. The fourth-order valence-electron chi connectivity index (χ4n) is 2.67. The summed E-state index contributed by atoms with van der Waals surface area (Å²) >= 11 is 0. The molecule has 2 N–H and O–H groups in total. The Morgan fingerprint density at radius 2 is 1.86 bits per heavy atom. The smallest absolute Gasteiger partial charge is 0.191 e. The van der Waals surface area contributed by atoms with Gasteiger partial charge in [0, 0.05) is 44.5 Å². The molecule has 28 heavy (non-hydrogen) atoms. The molecule has 1 heterocycles. The number of hydrogen-bond acceptors (Lipinski definition) is 3. The highest BCUT2D eigenvalue weighted by atomic mass is 127. The predicted octanol–water partition coefficient (Wildman–Crippen LogP) is 4.00. The summed E-state index contributed by atoms with van der Waals surface area (Å²) in [6, 6.07) is 16.0. The van der Waals surface area contributed by atoms with Crippen LogP contribution in [0.5, 0.6) is 11.5 Å². The van der Waals surface area contributed by atoms with Gasteiger partial charge in [-0.2, -0.15) is 5.10 Å². The molecule has 0 aliphatic carbocycles. The van der Waals surface area contributed by atoms with Crippen LogP contribution in [-0.2, 0) is 20.1 Å². The molecule has 0 spiro atoms. The van der Waals surface area contributed by atoms with Crippen molar-refractivity contribution >= 4 is 29.9 Å². The van der Waals surface area contributed by atoms with E-state index in [-0.39, 0.29) is 24.0 Å². The van der Waals surface area contributed by atoms with Crippen molar-refractivity contribution in [1.29, 1.82) is 0 Å². The zero-order valence-electron chi connectivity index (χ0n) is 16.3. The van der Waals surface area contributed by atoms with Gasteiger partial charge in [0.15, 0.2) is 5.96 Å². The van der Waals surface area contributed by atoms with Crippen LogP contribution in [0.3, 0.4) is 0 Å². The second-order valence-corrected chi connectivity index (χ2v) is 6.33. The summed E-state index contributed by atoms with van der Waals surface area (Å²) in [6.07, 6.45) is 3.82. The Bertz CT molecular complexity index is 908.